The molecule has 0 aliphatic rings. The third-order valence-electron chi connectivity index (χ3n) is 4.63. The Morgan fingerprint density at radius 1 is 0.654 bits per heavy atom. The van der Waals surface area contributed by atoms with E-state index < -0.39 is 6.15 Å². The third-order valence-corrected chi connectivity index (χ3v) is 4.63. The maximum absolute atomic E-state index is 4.04. The number of quaternary nitrogens is 1. The molecule has 0 spiro atoms. The molecule has 0 saturated carbocycles. The molecule has 134 valence electrons. The van der Waals surface area contributed by atoms with Crippen molar-refractivity contribution in [1.82, 2.24) is 0 Å². The van der Waals surface area contributed by atoms with Gasteiger partial charge in [-0.3, -0.25) is 0 Å². The van der Waals surface area contributed by atoms with Crippen LogP contribution in [0.15, 0.2) is 104 Å². The minimum Gasteiger partial charge on any atom is -0.342 e. The number of hydrogen-bond acceptors (Lipinski definition) is 0. The minimum atomic E-state index is -1.02. The summed E-state index contributed by atoms with van der Waals surface area (Å²) < 4.78 is 0. The number of benzene rings is 3. The van der Waals surface area contributed by atoms with Gasteiger partial charge in [-0.25, -0.2) is 0 Å². The largest absolute Gasteiger partial charge is 0.342 e. The summed E-state index contributed by atoms with van der Waals surface area (Å²) in [5.41, 5.74) is 4.08. The minimum absolute atomic E-state index is 0.929. The molecule has 1 N–H and O–H groups in total. The molecule has 0 atom stereocenters. The Morgan fingerprint density at radius 3 is 1.15 bits per heavy atom. The van der Waals surface area contributed by atoms with Crippen LogP contribution >= 0.6 is 0 Å². The lowest BCUT2D eigenvalue weighted by Gasteiger charge is -2.42. The van der Waals surface area contributed by atoms with E-state index in [1.807, 2.05) is 6.08 Å². The van der Waals surface area contributed by atoms with Gasteiger partial charge in [0.1, 0.15) is 0 Å². The molecule has 0 bridgehead atoms. The predicted molar refractivity (Wildman–Crippen MR) is 118 cm³/mol. The molecule has 0 aliphatic heterocycles. The fraction of sp³-hybridized carbons (Fsp3) is 0.167. The van der Waals surface area contributed by atoms with Gasteiger partial charge in [0.05, 0.1) is 27.3 Å². The van der Waals surface area contributed by atoms with E-state index in [0.717, 1.165) is 6.32 Å². The summed E-state index contributed by atoms with van der Waals surface area (Å²) in [6.07, 6.45) is 1.95. The van der Waals surface area contributed by atoms with Gasteiger partial charge in [0.15, 0.2) is 0 Å². The van der Waals surface area contributed by atoms with Gasteiger partial charge in [-0.15, -0.1) is 19.0 Å². The zero-order chi connectivity index (χ0) is 18.8. The molecule has 26 heavy (non-hydrogen) atoms. The van der Waals surface area contributed by atoms with E-state index in [4.69, 9.17) is 0 Å². The van der Waals surface area contributed by atoms with Crippen LogP contribution in [0.25, 0.3) is 0 Å². The molecule has 0 amide bonds. The molecular weight excluding hydrogens is 313 g/mol. The van der Waals surface area contributed by atoms with Crippen molar-refractivity contribution in [3.63, 3.8) is 0 Å². The Balaban J connectivity index is 0.000000552. The van der Waals surface area contributed by atoms with Gasteiger partial charge in [-0.05, 0) is 0 Å². The highest BCUT2D eigenvalue weighted by Gasteiger charge is 2.28. The second-order valence-corrected chi connectivity index (χ2v) is 7.30. The lowest BCUT2D eigenvalue weighted by molar-refractivity contribution is -0.836. The first-order valence-corrected chi connectivity index (χ1v) is 9.32. The molecule has 0 radical (unpaired) electrons. The summed E-state index contributed by atoms with van der Waals surface area (Å²) in [6.45, 7) is 4.04. The van der Waals surface area contributed by atoms with Crippen LogP contribution in [0.1, 0.15) is 0 Å². The summed E-state index contributed by atoms with van der Waals surface area (Å²) >= 11 is 0. The molecule has 3 aromatic carbocycles. The standard InChI is InChI=1S/C21H20B.C3H9N/c1-2-18-22(19-12-6-3-7-13-19,20-14-8-4-9-15-20)21-16-10-5-11-17-21;1-4(2)3/h2-17H,1,18H2;1-3H3/q-1;/p+1. The van der Waals surface area contributed by atoms with Crippen LogP contribution < -0.4 is 21.3 Å². The van der Waals surface area contributed by atoms with Crippen LogP contribution in [0.2, 0.25) is 6.32 Å². The van der Waals surface area contributed by atoms with Gasteiger partial charge in [0.2, 0.25) is 0 Å². The van der Waals surface area contributed by atoms with E-state index in [-0.39, 0.29) is 0 Å². The molecule has 3 aromatic rings. The lowest BCUT2D eigenvalue weighted by atomic mass is 9.14. The number of nitrogens with one attached hydrogen (secondary N) is 1. The van der Waals surface area contributed by atoms with Gasteiger partial charge < -0.3 is 4.90 Å². The van der Waals surface area contributed by atoms with Crippen molar-refractivity contribution in [2.45, 2.75) is 6.32 Å². The Morgan fingerprint density at radius 2 is 0.923 bits per heavy atom. The summed E-state index contributed by atoms with van der Waals surface area (Å²) in [5, 5.41) is 0. The number of allylic oxidation sites excluding steroid dienone is 1. The fourth-order valence-corrected chi connectivity index (χ4v) is 3.58. The Hall–Kier alpha value is -2.58. The molecule has 2 heteroatoms. The zero-order valence-corrected chi connectivity index (χ0v) is 16.2. The summed E-state index contributed by atoms with van der Waals surface area (Å²) in [4.78, 5) is 1.42. The van der Waals surface area contributed by atoms with Crippen LogP contribution in [-0.2, 0) is 0 Å². The van der Waals surface area contributed by atoms with Crippen molar-refractivity contribution in [2.24, 2.45) is 0 Å². The fourth-order valence-electron chi connectivity index (χ4n) is 3.58. The summed E-state index contributed by atoms with van der Waals surface area (Å²) in [5.74, 6) is 0. The maximum atomic E-state index is 4.04. The maximum Gasteiger partial charge on any atom is 0.0849 e. The Labute approximate surface area is 158 Å². The second kappa shape index (κ2) is 9.79. The SMILES string of the molecule is C=CC[B-](c1ccccc1)(c1ccccc1)c1ccccc1.C[NH+](C)C. The van der Waals surface area contributed by atoms with E-state index >= 15 is 0 Å². The van der Waals surface area contributed by atoms with E-state index in [2.05, 4.69) is 119 Å². The molecule has 0 aromatic heterocycles. The average Bonchev–Trinajstić information content (AvgIpc) is 2.68. The average molecular weight is 343 g/mol. The van der Waals surface area contributed by atoms with Gasteiger partial charge in [-0.1, -0.05) is 91.0 Å². The van der Waals surface area contributed by atoms with E-state index in [9.17, 15) is 0 Å². The summed E-state index contributed by atoms with van der Waals surface area (Å²) in [7, 11) is 6.25. The number of hydrogen-bond donors (Lipinski definition) is 1. The third kappa shape index (κ3) is 4.74. The molecule has 0 saturated heterocycles. The Kier molecular flexibility index (Phi) is 7.44. The first kappa shape index (κ1) is 19.7. The molecule has 3 rings (SSSR count). The molecule has 1 nitrogen and oxygen atoms in total. The van der Waals surface area contributed by atoms with Crippen LogP contribution in [0.5, 0.6) is 0 Å². The first-order chi connectivity index (χ1) is 12.6. The van der Waals surface area contributed by atoms with Crippen molar-refractivity contribution in [3.8, 4) is 0 Å². The Bertz CT molecular complexity index is 668. The zero-order valence-electron chi connectivity index (χ0n) is 16.2. The first-order valence-electron chi connectivity index (χ1n) is 9.32. The van der Waals surface area contributed by atoms with Gasteiger partial charge in [-0.2, -0.15) is 16.4 Å². The van der Waals surface area contributed by atoms with Crippen molar-refractivity contribution >= 4 is 22.5 Å². The smallest absolute Gasteiger partial charge is 0.0849 e. The lowest BCUT2D eigenvalue weighted by Crippen LogP contribution is -3.02. The molecule has 0 aliphatic carbocycles. The van der Waals surface area contributed by atoms with E-state index in [1.54, 1.807) is 0 Å². The van der Waals surface area contributed by atoms with Crippen molar-refractivity contribution in [1.29, 1.82) is 0 Å². The highest BCUT2D eigenvalue weighted by Crippen LogP contribution is 2.13. The van der Waals surface area contributed by atoms with E-state index in [1.165, 1.54) is 21.3 Å². The van der Waals surface area contributed by atoms with Crippen molar-refractivity contribution in [3.05, 3.63) is 104 Å². The highest BCUT2D eigenvalue weighted by molar-refractivity contribution is 7.11. The van der Waals surface area contributed by atoms with Gasteiger partial charge >= 0.3 is 0 Å². The topological polar surface area (TPSA) is 4.44 Å². The summed E-state index contributed by atoms with van der Waals surface area (Å²) in [6, 6.07) is 32.4. The highest BCUT2D eigenvalue weighted by atomic mass is 15.0. The molecule has 0 heterocycles. The monoisotopic (exact) mass is 343 g/mol. The van der Waals surface area contributed by atoms with Crippen LogP contribution in [-0.4, -0.2) is 27.3 Å². The molecular formula is C24H30BN. The van der Waals surface area contributed by atoms with Crippen LogP contribution in [0.3, 0.4) is 0 Å². The van der Waals surface area contributed by atoms with Gasteiger partial charge in [0.25, 0.3) is 0 Å². The van der Waals surface area contributed by atoms with Crippen LogP contribution in [0, 0.1) is 0 Å². The number of rotatable bonds is 5. The van der Waals surface area contributed by atoms with Crippen LogP contribution in [0.4, 0.5) is 0 Å². The van der Waals surface area contributed by atoms with Gasteiger partial charge in [0, 0.05) is 0 Å². The van der Waals surface area contributed by atoms with E-state index in [0.29, 0.717) is 0 Å². The quantitative estimate of drug-likeness (QED) is 0.535. The normalized spacial score (nSPS) is 10.8. The second-order valence-electron chi connectivity index (χ2n) is 7.30. The van der Waals surface area contributed by atoms with Crippen molar-refractivity contribution < 1.29 is 4.90 Å². The molecule has 0 fully saturated rings. The van der Waals surface area contributed by atoms with Crippen molar-refractivity contribution in [2.75, 3.05) is 21.1 Å². The molecule has 0 unspecified atom stereocenters. The predicted octanol–water partition coefficient (Wildman–Crippen LogP) is 2.10.